The van der Waals surface area contributed by atoms with E-state index in [1.165, 1.54) is 0 Å². The first kappa shape index (κ1) is 27.8. The maximum atomic E-state index is 12.8. The minimum absolute atomic E-state index is 0.0549. The fourth-order valence-electron chi connectivity index (χ4n) is 2.78. The average Bonchev–Trinajstić information content (AvgIpc) is 2.66. The second-order valence-electron chi connectivity index (χ2n) is 8.42. The second kappa shape index (κ2) is 13.2. The Kier molecular flexibility index (Phi) is 12.2. The van der Waals surface area contributed by atoms with Gasteiger partial charge in [-0.2, -0.15) is 0 Å². The largest absolute Gasteiger partial charge is 0.480 e. The summed E-state index contributed by atoms with van der Waals surface area (Å²) >= 11 is 0. The van der Waals surface area contributed by atoms with E-state index in [4.69, 9.17) is 10.8 Å². The van der Waals surface area contributed by atoms with Gasteiger partial charge in [0.15, 0.2) is 0 Å². The van der Waals surface area contributed by atoms with E-state index in [0.717, 1.165) is 0 Å². The number of aliphatic hydroxyl groups is 1. The highest BCUT2D eigenvalue weighted by Gasteiger charge is 2.33. The highest BCUT2D eigenvalue weighted by Crippen LogP contribution is 2.12. The summed E-state index contributed by atoms with van der Waals surface area (Å²) in [7, 11) is 0. The molecular formula is C20H38N4O6. The van der Waals surface area contributed by atoms with E-state index in [1.807, 2.05) is 20.8 Å². The number of amides is 3. The molecule has 0 spiro atoms. The maximum absolute atomic E-state index is 12.8. The van der Waals surface area contributed by atoms with Crippen molar-refractivity contribution < 1.29 is 29.4 Å². The topological polar surface area (TPSA) is 171 Å². The zero-order valence-electron chi connectivity index (χ0n) is 18.8. The molecule has 5 atom stereocenters. The Balaban J connectivity index is 5.46. The molecule has 0 aromatic carbocycles. The molecule has 0 rings (SSSR count). The number of nitrogens with one attached hydrogen (secondary N) is 3. The molecule has 0 radical (unpaired) electrons. The number of aliphatic hydroxyl groups excluding tert-OH is 1. The number of aliphatic carboxylic acids is 1. The fraction of sp³-hybridized carbons (Fsp3) is 0.800. The molecule has 30 heavy (non-hydrogen) atoms. The van der Waals surface area contributed by atoms with Crippen LogP contribution in [0.4, 0.5) is 0 Å². The Morgan fingerprint density at radius 2 is 1.37 bits per heavy atom. The van der Waals surface area contributed by atoms with Gasteiger partial charge < -0.3 is 31.9 Å². The van der Waals surface area contributed by atoms with E-state index in [0.29, 0.717) is 6.42 Å². The lowest BCUT2D eigenvalue weighted by Crippen LogP contribution is -2.60. The van der Waals surface area contributed by atoms with Crippen LogP contribution < -0.4 is 21.7 Å². The molecule has 3 amide bonds. The van der Waals surface area contributed by atoms with E-state index < -0.39 is 54.5 Å². The molecule has 0 saturated heterocycles. The second-order valence-corrected chi connectivity index (χ2v) is 8.42. The lowest BCUT2D eigenvalue weighted by molar-refractivity contribution is -0.143. The SMILES string of the molecule is CCC(C)C(NC(=O)C(NC(=O)C(N)CO)C(C)C)C(=O)NC(CC(C)C)C(=O)O. The molecule has 0 aliphatic rings. The van der Waals surface area contributed by atoms with Gasteiger partial charge in [0.1, 0.15) is 24.2 Å². The van der Waals surface area contributed by atoms with Gasteiger partial charge in [0.2, 0.25) is 17.7 Å². The first-order chi connectivity index (χ1) is 13.8. The van der Waals surface area contributed by atoms with Gasteiger partial charge in [-0.25, -0.2) is 4.79 Å². The summed E-state index contributed by atoms with van der Waals surface area (Å²) in [6.07, 6.45) is 0.820. The van der Waals surface area contributed by atoms with Crippen molar-refractivity contribution in [1.29, 1.82) is 0 Å². The van der Waals surface area contributed by atoms with Crippen LogP contribution in [0.25, 0.3) is 0 Å². The monoisotopic (exact) mass is 430 g/mol. The number of hydrogen-bond acceptors (Lipinski definition) is 6. The highest BCUT2D eigenvalue weighted by atomic mass is 16.4. The molecule has 5 unspecified atom stereocenters. The zero-order chi connectivity index (χ0) is 23.6. The molecule has 0 aliphatic carbocycles. The Morgan fingerprint density at radius 3 is 1.77 bits per heavy atom. The van der Waals surface area contributed by atoms with Crippen LogP contribution in [0.1, 0.15) is 54.4 Å². The summed E-state index contributed by atoms with van der Waals surface area (Å²) in [6.45, 7) is 10.2. The molecule has 0 fully saturated rings. The Hall–Kier alpha value is -2.20. The number of carboxylic acid groups (broad SMARTS) is 1. The fourth-order valence-corrected chi connectivity index (χ4v) is 2.78. The van der Waals surface area contributed by atoms with Crippen LogP contribution in [0.15, 0.2) is 0 Å². The van der Waals surface area contributed by atoms with Crippen molar-refractivity contribution in [3.63, 3.8) is 0 Å². The summed E-state index contributed by atoms with van der Waals surface area (Å²) in [6, 6.07) is -4.18. The van der Waals surface area contributed by atoms with Crippen LogP contribution in [0.2, 0.25) is 0 Å². The van der Waals surface area contributed by atoms with Crippen molar-refractivity contribution in [2.75, 3.05) is 6.61 Å². The van der Waals surface area contributed by atoms with Crippen LogP contribution in [0.5, 0.6) is 0 Å². The van der Waals surface area contributed by atoms with E-state index in [9.17, 15) is 24.3 Å². The molecule has 0 aliphatic heterocycles. The zero-order valence-corrected chi connectivity index (χ0v) is 18.8. The summed E-state index contributed by atoms with van der Waals surface area (Å²) < 4.78 is 0. The van der Waals surface area contributed by atoms with Gasteiger partial charge in [-0.3, -0.25) is 14.4 Å². The molecule has 10 heteroatoms. The predicted molar refractivity (Wildman–Crippen MR) is 112 cm³/mol. The summed E-state index contributed by atoms with van der Waals surface area (Å²) in [4.78, 5) is 49.1. The van der Waals surface area contributed by atoms with Crippen molar-refractivity contribution in [3.8, 4) is 0 Å². The van der Waals surface area contributed by atoms with Crippen LogP contribution in [0, 0.1) is 17.8 Å². The Morgan fingerprint density at radius 1 is 0.867 bits per heavy atom. The van der Waals surface area contributed by atoms with Crippen molar-refractivity contribution >= 4 is 23.7 Å². The third kappa shape index (κ3) is 9.08. The Bertz CT molecular complexity index is 596. The number of carbonyl (C=O) groups is 4. The van der Waals surface area contributed by atoms with Gasteiger partial charge in [0.25, 0.3) is 0 Å². The minimum Gasteiger partial charge on any atom is -0.480 e. The lowest BCUT2D eigenvalue weighted by Gasteiger charge is -2.29. The third-order valence-electron chi connectivity index (χ3n) is 4.90. The van der Waals surface area contributed by atoms with Crippen LogP contribution in [-0.4, -0.2) is 64.7 Å². The highest BCUT2D eigenvalue weighted by molar-refractivity contribution is 5.94. The molecule has 0 heterocycles. The van der Waals surface area contributed by atoms with Crippen molar-refractivity contribution in [1.82, 2.24) is 16.0 Å². The van der Waals surface area contributed by atoms with Gasteiger partial charge in [0, 0.05) is 0 Å². The van der Waals surface area contributed by atoms with Gasteiger partial charge in [-0.15, -0.1) is 0 Å². The van der Waals surface area contributed by atoms with Crippen LogP contribution in [0.3, 0.4) is 0 Å². The first-order valence-corrected chi connectivity index (χ1v) is 10.4. The first-order valence-electron chi connectivity index (χ1n) is 10.4. The Labute approximate surface area is 178 Å². The van der Waals surface area contributed by atoms with Crippen molar-refractivity contribution in [3.05, 3.63) is 0 Å². The minimum atomic E-state index is -1.17. The molecule has 0 aromatic heterocycles. The summed E-state index contributed by atoms with van der Waals surface area (Å²) in [5, 5.41) is 26.1. The van der Waals surface area contributed by atoms with Gasteiger partial charge >= 0.3 is 5.97 Å². The van der Waals surface area contributed by atoms with E-state index in [-0.39, 0.29) is 24.2 Å². The molecule has 10 nitrogen and oxygen atoms in total. The number of hydrogen-bond donors (Lipinski definition) is 6. The number of rotatable bonds is 13. The average molecular weight is 431 g/mol. The smallest absolute Gasteiger partial charge is 0.326 e. The normalized spacial score (nSPS) is 16.3. The van der Waals surface area contributed by atoms with Gasteiger partial charge in [0.05, 0.1) is 6.61 Å². The van der Waals surface area contributed by atoms with E-state index in [1.54, 1.807) is 20.8 Å². The van der Waals surface area contributed by atoms with Gasteiger partial charge in [-0.1, -0.05) is 48.0 Å². The molecular weight excluding hydrogens is 392 g/mol. The number of carbonyl (C=O) groups excluding carboxylic acids is 3. The van der Waals surface area contributed by atoms with Crippen LogP contribution in [-0.2, 0) is 19.2 Å². The molecule has 0 bridgehead atoms. The van der Waals surface area contributed by atoms with Gasteiger partial charge in [-0.05, 0) is 24.2 Å². The maximum Gasteiger partial charge on any atom is 0.326 e. The van der Waals surface area contributed by atoms with E-state index in [2.05, 4.69) is 16.0 Å². The summed E-state index contributed by atoms with van der Waals surface area (Å²) in [5.41, 5.74) is 5.49. The molecule has 0 aromatic rings. The predicted octanol–water partition coefficient (Wildman–Crippen LogP) is -0.407. The van der Waals surface area contributed by atoms with Crippen molar-refractivity contribution in [2.24, 2.45) is 23.5 Å². The quantitative estimate of drug-likeness (QED) is 0.231. The molecule has 174 valence electrons. The number of carboxylic acids is 1. The van der Waals surface area contributed by atoms with E-state index >= 15 is 0 Å². The standard InChI is InChI=1S/C20H38N4O6/c1-7-12(6)16(19(28)22-14(20(29)30)8-10(2)3)24-18(27)15(11(4)5)23-17(26)13(21)9-25/h10-16,25H,7-9,21H2,1-6H3,(H,22,28)(H,23,26)(H,24,27)(H,29,30). The molecule has 0 saturated carbocycles. The van der Waals surface area contributed by atoms with Crippen molar-refractivity contribution in [2.45, 2.75) is 78.6 Å². The molecule has 7 N–H and O–H groups in total. The number of nitrogens with two attached hydrogens (primary N) is 1. The third-order valence-corrected chi connectivity index (χ3v) is 4.90. The van der Waals surface area contributed by atoms with Crippen LogP contribution >= 0.6 is 0 Å². The summed E-state index contributed by atoms with van der Waals surface area (Å²) in [5.74, 6) is -3.53. The lowest BCUT2D eigenvalue weighted by atomic mass is 9.95.